The zero-order chi connectivity index (χ0) is 18.5. The zero-order valence-corrected chi connectivity index (χ0v) is 18.0. The van der Waals surface area contributed by atoms with Crippen LogP contribution in [0.2, 0.25) is 0 Å². The molecule has 1 aliphatic rings. The van der Waals surface area contributed by atoms with Crippen LogP contribution < -0.4 is 5.32 Å². The van der Waals surface area contributed by atoms with Gasteiger partial charge in [-0.3, -0.25) is 0 Å². The number of aliphatic imine (C=N–C) groups is 1. The second kappa shape index (κ2) is 9.98. The topological polar surface area (TPSA) is 75.8 Å². The van der Waals surface area contributed by atoms with Gasteiger partial charge in [0.15, 0.2) is 11.8 Å². The van der Waals surface area contributed by atoms with Gasteiger partial charge in [0.1, 0.15) is 18.5 Å². The van der Waals surface area contributed by atoms with Gasteiger partial charge in [0, 0.05) is 20.0 Å². The van der Waals surface area contributed by atoms with Gasteiger partial charge in [0.05, 0.1) is 12.6 Å². The fourth-order valence-corrected chi connectivity index (χ4v) is 2.96. The summed E-state index contributed by atoms with van der Waals surface area (Å²) >= 11 is 0. The highest BCUT2D eigenvalue weighted by atomic mass is 127. The van der Waals surface area contributed by atoms with Crippen LogP contribution in [-0.2, 0) is 11.3 Å². The summed E-state index contributed by atoms with van der Waals surface area (Å²) in [6.07, 6.45) is -0.120. The molecule has 7 nitrogen and oxygen atoms in total. The molecule has 1 aromatic carbocycles. The van der Waals surface area contributed by atoms with E-state index in [0.717, 1.165) is 24.6 Å². The van der Waals surface area contributed by atoms with Gasteiger partial charge in [-0.25, -0.2) is 9.38 Å². The van der Waals surface area contributed by atoms with E-state index in [-0.39, 0.29) is 42.0 Å². The van der Waals surface area contributed by atoms with Crippen molar-refractivity contribution in [3.63, 3.8) is 0 Å². The van der Waals surface area contributed by atoms with E-state index in [9.17, 15) is 4.39 Å². The Bertz CT molecular complexity index is 752. The van der Waals surface area contributed by atoms with Crippen molar-refractivity contribution in [2.45, 2.75) is 39.5 Å². The van der Waals surface area contributed by atoms with E-state index in [4.69, 9.17) is 9.26 Å². The standard InChI is InChI=1S/C18H24FN5O2.HI/c1-4-20-18(21-9-17-22-13(3)26-23-17)24-10-12(2)25-16(11-24)14-5-7-15(19)8-6-14;/h5-8,12,16H,4,9-11H2,1-3H3,(H,20,21);1H. The highest BCUT2D eigenvalue weighted by Crippen LogP contribution is 2.25. The van der Waals surface area contributed by atoms with Crippen molar-refractivity contribution in [2.75, 3.05) is 19.6 Å². The highest BCUT2D eigenvalue weighted by molar-refractivity contribution is 14.0. The molecule has 2 heterocycles. The van der Waals surface area contributed by atoms with Gasteiger partial charge in [-0.2, -0.15) is 4.98 Å². The number of morpholine rings is 1. The predicted octanol–water partition coefficient (Wildman–Crippen LogP) is 3.06. The largest absolute Gasteiger partial charge is 0.367 e. The Labute approximate surface area is 175 Å². The Kier molecular flexibility index (Phi) is 7.96. The molecule has 0 radical (unpaired) electrons. The SMILES string of the molecule is CCNC(=NCc1noc(C)n1)N1CC(C)OC(c2ccc(F)cc2)C1.I. The summed E-state index contributed by atoms with van der Waals surface area (Å²) < 4.78 is 24.2. The molecule has 0 amide bonds. The number of guanidine groups is 1. The van der Waals surface area contributed by atoms with Gasteiger partial charge in [0.25, 0.3) is 0 Å². The second-order valence-electron chi connectivity index (χ2n) is 6.29. The number of aryl methyl sites for hydroxylation is 1. The summed E-state index contributed by atoms with van der Waals surface area (Å²) in [5.41, 5.74) is 0.951. The van der Waals surface area contributed by atoms with Crippen LogP contribution in [0.5, 0.6) is 0 Å². The predicted molar refractivity (Wildman–Crippen MR) is 111 cm³/mol. The molecular formula is C18H25FIN5O2. The van der Waals surface area contributed by atoms with Crippen molar-refractivity contribution < 1.29 is 13.7 Å². The molecule has 2 unspecified atom stereocenters. The minimum absolute atomic E-state index is 0. The van der Waals surface area contributed by atoms with Crippen LogP contribution in [0.15, 0.2) is 33.8 Å². The minimum atomic E-state index is -0.250. The zero-order valence-electron chi connectivity index (χ0n) is 15.7. The Morgan fingerprint density at radius 2 is 2.07 bits per heavy atom. The molecular weight excluding hydrogens is 464 g/mol. The molecule has 2 aromatic rings. The summed E-state index contributed by atoms with van der Waals surface area (Å²) in [6, 6.07) is 6.45. The van der Waals surface area contributed by atoms with E-state index in [1.54, 1.807) is 19.1 Å². The van der Waals surface area contributed by atoms with E-state index in [1.165, 1.54) is 12.1 Å². The van der Waals surface area contributed by atoms with Gasteiger partial charge in [-0.1, -0.05) is 17.3 Å². The third-order valence-electron chi connectivity index (χ3n) is 4.08. The first-order chi connectivity index (χ1) is 12.5. The number of ether oxygens (including phenoxy) is 1. The smallest absolute Gasteiger partial charge is 0.223 e. The third kappa shape index (κ3) is 5.86. The van der Waals surface area contributed by atoms with E-state index in [2.05, 4.69) is 25.3 Å². The average Bonchev–Trinajstić information content (AvgIpc) is 3.04. The summed E-state index contributed by atoms with van der Waals surface area (Å²) in [5.74, 6) is 1.60. The molecule has 2 atom stereocenters. The Balaban J connectivity index is 0.00000261. The van der Waals surface area contributed by atoms with Crippen molar-refractivity contribution in [1.82, 2.24) is 20.4 Å². The number of halogens is 2. The van der Waals surface area contributed by atoms with Gasteiger partial charge in [-0.05, 0) is 31.5 Å². The van der Waals surface area contributed by atoms with Crippen molar-refractivity contribution in [1.29, 1.82) is 0 Å². The number of nitrogens with one attached hydrogen (secondary N) is 1. The molecule has 1 fully saturated rings. The first kappa shape index (κ1) is 21.5. The lowest BCUT2D eigenvalue weighted by Crippen LogP contribution is -2.50. The number of rotatable bonds is 4. The van der Waals surface area contributed by atoms with Crippen molar-refractivity contribution >= 4 is 29.9 Å². The quantitative estimate of drug-likeness (QED) is 0.405. The lowest BCUT2D eigenvalue weighted by molar-refractivity contribution is -0.0605. The molecule has 1 aliphatic heterocycles. The van der Waals surface area contributed by atoms with Crippen LogP contribution in [0.1, 0.15) is 37.2 Å². The van der Waals surface area contributed by atoms with E-state index < -0.39 is 0 Å². The molecule has 148 valence electrons. The Morgan fingerprint density at radius 3 is 2.70 bits per heavy atom. The Morgan fingerprint density at radius 1 is 1.33 bits per heavy atom. The van der Waals surface area contributed by atoms with E-state index in [1.807, 2.05) is 13.8 Å². The van der Waals surface area contributed by atoms with E-state index >= 15 is 0 Å². The van der Waals surface area contributed by atoms with Gasteiger partial charge in [0.2, 0.25) is 5.89 Å². The molecule has 1 aromatic heterocycles. The number of aromatic nitrogens is 2. The van der Waals surface area contributed by atoms with Crippen LogP contribution in [0.4, 0.5) is 4.39 Å². The summed E-state index contributed by atoms with van der Waals surface area (Å²) in [5, 5.41) is 7.18. The number of hydrogen-bond donors (Lipinski definition) is 1. The maximum Gasteiger partial charge on any atom is 0.223 e. The van der Waals surface area contributed by atoms with Gasteiger partial charge >= 0.3 is 0 Å². The van der Waals surface area contributed by atoms with Gasteiger partial charge in [-0.15, -0.1) is 24.0 Å². The highest BCUT2D eigenvalue weighted by Gasteiger charge is 2.28. The lowest BCUT2D eigenvalue weighted by Gasteiger charge is -2.38. The number of nitrogens with zero attached hydrogens (tertiary/aromatic N) is 4. The van der Waals surface area contributed by atoms with Crippen LogP contribution in [0, 0.1) is 12.7 Å². The number of benzene rings is 1. The normalized spacial score (nSPS) is 20.3. The summed E-state index contributed by atoms with van der Waals surface area (Å²) in [7, 11) is 0. The molecule has 0 saturated carbocycles. The molecule has 1 saturated heterocycles. The maximum atomic E-state index is 13.2. The maximum absolute atomic E-state index is 13.2. The summed E-state index contributed by atoms with van der Waals surface area (Å²) in [6.45, 7) is 8.23. The molecule has 0 aliphatic carbocycles. The van der Waals surface area contributed by atoms with Crippen molar-refractivity contribution in [2.24, 2.45) is 4.99 Å². The molecule has 1 N–H and O–H groups in total. The first-order valence-corrected chi connectivity index (χ1v) is 8.78. The molecule has 0 bridgehead atoms. The number of hydrogen-bond acceptors (Lipinski definition) is 5. The monoisotopic (exact) mass is 489 g/mol. The lowest BCUT2D eigenvalue weighted by atomic mass is 10.1. The molecule has 9 heteroatoms. The second-order valence-corrected chi connectivity index (χ2v) is 6.29. The van der Waals surface area contributed by atoms with Crippen molar-refractivity contribution in [3.8, 4) is 0 Å². The minimum Gasteiger partial charge on any atom is -0.367 e. The van der Waals surface area contributed by atoms with Crippen LogP contribution in [0.25, 0.3) is 0 Å². The Hall–Kier alpha value is -1.75. The van der Waals surface area contributed by atoms with Crippen LogP contribution in [0.3, 0.4) is 0 Å². The molecule has 27 heavy (non-hydrogen) atoms. The fourth-order valence-electron chi connectivity index (χ4n) is 2.96. The van der Waals surface area contributed by atoms with E-state index in [0.29, 0.717) is 24.8 Å². The van der Waals surface area contributed by atoms with Crippen molar-refractivity contribution in [3.05, 3.63) is 47.4 Å². The molecule has 0 spiro atoms. The first-order valence-electron chi connectivity index (χ1n) is 8.78. The third-order valence-corrected chi connectivity index (χ3v) is 4.08. The van der Waals surface area contributed by atoms with Gasteiger partial charge < -0.3 is 19.5 Å². The average molecular weight is 489 g/mol. The molecule has 3 rings (SSSR count). The van der Waals surface area contributed by atoms with Crippen LogP contribution in [-0.4, -0.2) is 46.7 Å². The van der Waals surface area contributed by atoms with Crippen LogP contribution >= 0.6 is 24.0 Å². The fraction of sp³-hybridized carbons (Fsp3) is 0.500. The summed E-state index contributed by atoms with van der Waals surface area (Å²) in [4.78, 5) is 11.0.